The molecule has 0 aliphatic rings. The monoisotopic (exact) mass is 280 g/mol. The number of nitrogens with two attached hydrogens (primary N) is 1. The van der Waals surface area contributed by atoms with Crippen LogP contribution in [0.1, 0.15) is 32.3 Å². The molecule has 0 heterocycles. The summed E-state index contributed by atoms with van der Waals surface area (Å²) in [4.78, 5) is 22.9. The number of rotatable bonds is 4. The number of nitrogens with one attached hydrogen (secondary N) is 1. The van der Waals surface area contributed by atoms with Gasteiger partial charge in [0.1, 0.15) is 5.60 Å². The van der Waals surface area contributed by atoms with Crippen LogP contribution in [0.4, 0.5) is 10.5 Å². The van der Waals surface area contributed by atoms with E-state index in [4.69, 9.17) is 15.6 Å². The Balaban J connectivity index is 2.96. The molecule has 1 unspecified atom stereocenters. The second-order valence-electron chi connectivity index (χ2n) is 5.34. The zero-order valence-corrected chi connectivity index (χ0v) is 11.8. The number of aliphatic carboxylic acids is 1. The van der Waals surface area contributed by atoms with Gasteiger partial charge < -0.3 is 15.6 Å². The van der Waals surface area contributed by atoms with Crippen LogP contribution in [0.15, 0.2) is 24.3 Å². The molecule has 0 aliphatic carbocycles. The van der Waals surface area contributed by atoms with Crippen LogP contribution >= 0.6 is 0 Å². The molecule has 1 aromatic carbocycles. The van der Waals surface area contributed by atoms with Crippen molar-refractivity contribution in [3.63, 3.8) is 0 Å². The lowest BCUT2D eigenvalue weighted by molar-refractivity contribution is -0.138. The Morgan fingerprint density at radius 2 is 1.95 bits per heavy atom. The van der Waals surface area contributed by atoms with Crippen LogP contribution in [-0.4, -0.2) is 29.3 Å². The topological polar surface area (TPSA) is 102 Å². The van der Waals surface area contributed by atoms with Crippen molar-refractivity contribution >= 4 is 17.7 Å². The highest BCUT2D eigenvalue weighted by atomic mass is 16.6. The number of anilines is 1. The Bertz CT molecular complexity index is 494. The van der Waals surface area contributed by atoms with E-state index in [-0.39, 0.29) is 6.54 Å². The van der Waals surface area contributed by atoms with E-state index in [0.29, 0.717) is 11.3 Å². The van der Waals surface area contributed by atoms with Gasteiger partial charge in [-0.05, 0) is 32.4 Å². The van der Waals surface area contributed by atoms with E-state index in [2.05, 4.69) is 5.32 Å². The highest BCUT2D eigenvalue weighted by Crippen LogP contribution is 2.24. The van der Waals surface area contributed by atoms with E-state index in [9.17, 15) is 9.59 Å². The maximum atomic E-state index is 11.7. The highest BCUT2D eigenvalue weighted by molar-refractivity contribution is 5.88. The number of carboxylic acid groups (broad SMARTS) is 1. The van der Waals surface area contributed by atoms with Crippen LogP contribution in [0.25, 0.3) is 0 Å². The van der Waals surface area contributed by atoms with Crippen molar-refractivity contribution in [1.82, 2.24) is 0 Å². The average Bonchev–Trinajstić information content (AvgIpc) is 2.29. The summed E-state index contributed by atoms with van der Waals surface area (Å²) in [6.45, 7) is 5.19. The molecule has 0 saturated carbocycles. The number of carbonyl (C=O) groups is 2. The van der Waals surface area contributed by atoms with Gasteiger partial charge in [-0.25, -0.2) is 4.79 Å². The van der Waals surface area contributed by atoms with Crippen molar-refractivity contribution < 1.29 is 19.4 Å². The number of amides is 1. The Kier molecular flexibility index (Phi) is 5.10. The van der Waals surface area contributed by atoms with Crippen LogP contribution in [0, 0.1) is 0 Å². The van der Waals surface area contributed by atoms with E-state index < -0.39 is 23.6 Å². The minimum Gasteiger partial charge on any atom is -0.481 e. The first kappa shape index (κ1) is 16.0. The van der Waals surface area contributed by atoms with E-state index in [1.807, 2.05) is 0 Å². The fraction of sp³-hybridized carbons (Fsp3) is 0.429. The summed E-state index contributed by atoms with van der Waals surface area (Å²) in [5.74, 6) is -1.91. The minimum absolute atomic E-state index is 0.0532. The van der Waals surface area contributed by atoms with Crippen molar-refractivity contribution in [3.8, 4) is 0 Å². The molecule has 6 heteroatoms. The van der Waals surface area contributed by atoms with E-state index in [1.54, 1.807) is 45.0 Å². The summed E-state index contributed by atoms with van der Waals surface area (Å²) in [5, 5.41) is 11.7. The standard InChI is InChI=1S/C14H20N2O4/c1-14(2,3)20-13(19)16-11-7-5-4-6-9(11)10(8-15)12(17)18/h4-7,10H,8,15H2,1-3H3,(H,16,19)(H,17,18). The second-order valence-corrected chi connectivity index (χ2v) is 5.34. The van der Waals surface area contributed by atoms with Crippen LogP contribution in [0.5, 0.6) is 0 Å². The molecular formula is C14H20N2O4. The molecule has 1 rings (SSSR count). The lowest BCUT2D eigenvalue weighted by Crippen LogP contribution is -2.28. The van der Waals surface area contributed by atoms with Crippen LogP contribution in [-0.2, 0) is 9.53 Å². The maximum Gasteiger partial charge on any atom is 0.412 e. The molecule has 6 nitrogen and oxygen atoms in total. The second kappa shape index (κ2) is 6.38. The minimum atomic E-state index is -1.04. The van der Waals surface area contributed by atoms with Crippen molar-refractivity contribution in [3.05, 3.63) is 29.8 Å². The molecule has 1 atom stereocenters. The van der Waals surface area contributed by atoms with Gasteiger partial charge in [-0.1, -0.05) is 18.2 Å². The van der Waals surface area contributed by atoms with Crippen LogP contribution in [0.2, 0.25) is 0 Å². The number of hydrogen-bond donors (Lipinski definition) is 3. The Morgan fingerprint density at radius 3 is 2.45 bits per heavy atom. The molecule has 0 saturated heterocycles. The SMILES string of the molecule is CC(C)(C)OC(=O)Nc1ccccc1C(CN)C(=O)O. The van der Waals surface area contributed by atoms with Gasteiger partial charge in [0.15, 0.2) is 0 Å². The first-order valence-electron chi connectivity index (χ1n) is 6.26. The van der Waals surface area contributed by atoms with Gasteiger partial charge in [0.25, 0.3) is 0 Å². The lowest BCUT2D eigenvalue weighted by Gasteiger charge is -2.21. The predicted molar refractivity (Wildman–Crippen MR) is 75.7 cm³/mol. The highest BCUT2D eigenvalue weighted by Gasteiger charge is 2.23. The number of carboxylic acids is 1. The molecular weight excluding hydrogens is 260 g/mol. The Hall–Kier alpha value is -2.08. The third-order valence-electron chi connectivity index (χ3n) is 2.51. The number of carbonyl (C=O) groups excluding carboxylic acids is 1. The third-order valence-corrected chi connectivity index (χ3v) is 2.51. The fourth-order valence-electron chi connectivity index (χ4n) is 1.69. The molecule has 110 valence electrons. The first-order chi connectivity index (χ1) is 9.24. The first-order valence-corrected chi connectivity index (χ1v) is 6.26. The number of hydrogen-bond acceptors (Lipinski definition) is 4. The zero-order chi connectivity index (χ0) is 15.3. The zero-order valence-electron chi connectivity index (χ0n) is 11.8. The van der Waals surface area contributed by atoms with Gasteiger partial charge in [0.05, 0.1) is 5.92 Å². The molecule has 0 aromatic heterocycles. The van der Waals surface area contributed by atoms with Crippen LogP contribution in [0.3, 0.4) is 0 Å². The molecule has 0 fully saturated rings. The molecule has 0 radical (unpaired) electrons. The number of benzene rings is 1. The predicted octanol–water partition coefficient (Wildman–Crippen LogP) is 2.16. The van der Waals surface area contributed by atoms with Gasteiger partial charge in [-0.15, -0.1) is 0 Å². The third kappa shape index (κ3) is 4.55. The van der Waals surface area contributed by atoms with Crippen molar-refractivity contribution in [2.75, 3.05) is 11.9 Å². The summed E-state index contributed by atoms with van der Waals surface area (Å²) in [6.07, 6.45) is -0.633. The fourth-order valence-corrected chi connectivity index (χ4v) is 1.69. The molecule has 20 heavy (non-hydrogen) atoms. The van der Waals surface area contributed by atoms with Gasteiger partial charge >= 0.3 is 12.1 Å². The van der Waals surface area contributed by atoms with Crippen molar-refractivity contribution in [2.24, 2.45) is 5.73 Å². The largest absolute Gasteiger partial charge is 0.481 e. The quantitative estimate of drug-likeness (QED) is 0.784. The van der Waals surface area contributed by atoms with E-state index in [0.717, 1.165) is 0 Å². The Labute approximate surface area is 117 Å². The molecule has 4 N–H and O–H groups in total. The summed E-state index contributed by atoms with van der Waals surface area (Å²) in [5.41, 5.74) is 5.70. The molecule has 1 amide bonds. The molecule has 1 aromatic rings. The lowest BCUT2D eigenvalue weighted by atomic mass is 9.97. The molecule has 0 aliphatic heterocycles. The van der Waals surface area contributed by atoms with Crippen molar-refractivity contribution in [1.29, 1.82) is 0 Å². The summed E-state index contributed by atoms with van der Waals surface area (Å²) < 4.78 is 5.14. The number of ether oxygens (including phenoxy) is 1. The average molecular weight is 280 g/mol. The smallest absolute Gasteiger partial charge is 0.412 e. The van der Waals surface area contributed by atoms with Gasteiger partial charge in [0, 0.05) is 12.2 Å². The van der Waals surface area contributed by atoms with Gasteiger partial charge in [0.2, 0.25) is 0 Å². The van der Waals surface area contributed by atoms with E-state index >= 15 is 0 Å². The van der Waals surface area contributed by atoms with Crippen LogP contribution < -0.4 is 11.1 Å². The normalized spacial score (nSPS) is 12.6. The molecule has 0 spiro atoms. The van der Waals surface area contributed by atoms with Crippen molar-refractivity contribution in [2.45, 2.75) is 32.3 Å². The summed E-state index contributed by atoms with van der Waals surface area (Å²) in [6, 6.07) is 6.63. The summed E-state index contributed by atoms with van der Waals surface area (Å²) >= 11 is 0. The van der Waals surface area contributed by atoms with Gasteiger partial charge in [-0.2, -0.15) is 0 Å². The van der Waals surface area contributed by atoms with Gasteiger partial charge in [-0.3, -0.25) is 10.1 Å². The van der Waals surface area contributed by atoms with E-state index in [1.165, 1.54) is 0 Å². The molecule has 0 bridgehead atoms. The maximum absolute atomic E-state index is 11.7. The Morgan fingerprint density at radius 1 is 1.35 bits per heavy atom. The summed E-state index contributed by atoms with van der Waals surface area (Å²) in [7, 11) is 0. The number of para-hydroxylation sites is 1.